The van der Waals surface area contributed by atoms with Gasteiger partial charge < -0.3 is 14.6 Å². The topological polar surface area (TPSA) is 89.9 Å². The lowest BCUT2D eigenvalue weighted by molar-refractivity contribution is 0.0695. The van der Waals surface area contributed by atoms with Crippen LogP contribution in [0.3, 0.4) is 0 Å². The molecule has 0 unspecified atom stereocenters. The number of hydrogen-bond acceptors (Lipinski definition) is 5. The third-order valence-corrected chi connectivity index (χ3v) is 5.73. The molecule has 0 aliphatic heterocycles. The third kappa shape index (κ3) is 5.03. The summed E-state index contributed by atoms with van der Waals surface area (Å²) in [6.45, 7) is 5.59. The van der Waals surface area contributed by atoms with Gasteiger partial charge in [-0.15, -0.1) is 0 Å². The van der Waals surface area contributed by atoms with Crippen LogP contribution in [0.15, 0.2) is 108 Å². The second-order valence-electron chi connectivity index (χ2n) is 8.16. The highest BCUT2D eigenvalue weighted by Gasteiger charge is 2.37. The molecule has 6 nitrogen and oxygen atoms in total. The molecule has 1 aliphatic rings. The third-order valence-electron chi connectivity index (χ3n) is 5.73. The molecule has 3 aromatic carbocycles. The first kappa shape index (κ1) is 24.4. The highest BCUT2D eigenvalue weighted by Crippen LogP contribution is 2.38. The number of ether oxygens (including phenoxy) is 2. The Morgan fingerprint density at radius 2 is 1.53 bits per heavy atom. The first-order valence-corrected chi connectivity index (χ1v) is 11.3. The number of Topliss-reactive ketones (excluding diaryl/α,β-unsaturated/α-hetero) is 2. The zero-order valence-electron chi connectivity index (χ0n) is 19.7. The maximum Gasteiger partial charge on any atom is 0.335 e. The van der Waals surface area contributed by atoms with Gasteiger partial charge in [-0.2, -0.15) is 0 Å². The molecule has 0 saturated carbocycles. The quantitative estimate of drug-likeness (QED) is 0.317. The fraction of sp³-hybridized carbons (Fsp3) is 0.100. The van der Waals surface area contributed by atoms with Gasteiger partial charge in [-0.05, 0) is 30.2 Å². The Labute approximate surface area is 208 Å². The largest absolute Gasteiger partial charge is 0.493 e. The standard InChI is InChI=1S/C30H24O6/c1-3-10-23-26(19(2)35-17-20-11-6-4-7-12-20)29(32)27-24(28(23)31)15-22(30(33)34)16-25(27)36-18-21-13-8-5-9-14-21/h3-16H,1,17-18H2,2H3,(H,33,34). The predicted molar refractivity (Wildman–Crippen MR) is 135 cm³/mol. The number of carbonyl (C=O) groups is 3. The molecule has 0 radical (unpaired) electrons. The van der Waals surface area contributed by atoms with Gasteiger partial charge in [0.1, 0.15) is 24.7 Å². The Morgan fingerprint density at radius 3 is 2.11 bits per heavy atom. The van der Waals surface area contributed by atoms with Crippen molar-refractivity contribution in [3.63, 3.8) is 0 Å². The minimum absolute atomic E-state index is 0.0137. The highest BCUT2D eigenvalue weighted by molar-refractivity contribution is 6.32. The molecule has 36 heavy (non-hydrogen) atoms. The number of hydrogen-bond donors (Lipinski definition) is 1. The summed E-state index contributed by atoms with van der Waals surface area (Å²) in [5.41, 5.74) is 1.74. The number of allylic oxidation sites excluding steroid dienone is 5. The van der Waals surface area contributed by atoms with Crippen molar-refractivity contribution in [1.82, 2.24) is 0 Å². The average molecular weight is 481 g/mol. The van der Waals surface area contributed by atoms with Crippen LogP contribution in [0.2, 0.25) is 0 Å². The Bertz CT molecular complexity index is 1400. The molecule has 0 aromatic heterocycles. The first-order chi connectivity index (χ1) is 17.4. The van der Waals surface area contributed by atoms with Gasteiger partial charge in [-0.1, -0.05) is 79.4 Å². The maximum absolute atomic E-state index is 13.8. The second-order valence-corrected chi connectivity index (χ2v) is 8.16. The summed E-state index contributed by atoms with van der Waals surface area (Å²) in [6.07, 6.45) is 2.84. The summed E-state index contributed by atoms with van der Waals surface area (Å²) in [4.78, 5) is 39.1. The molecule has 0 heterocycles. The van der Waals surface area contributed by atoms with Crippen LogP contribution in [-0.2, 0) is 18.0 Å². The van der Waals surface area contributed by atoms with Crippen LogP contribution in [0, 0.1) is 0 Å². The number of carbonyl (C=O) groups excluding carboxylic acids is 2. The summed E-state index contributed by atoms with van der Waals surface area (Å²) >= 11 is 0. The molecule has 3 aromatic rings. The normalized spacial score (nSPS) is 15.3. The number of carboxylic acids is 1. The number of benzene rings is 3. The van der Waals surface area contributed by atoms with Gasteiger partial charge in [0.15, 0.2) is 5.78 Å². The number of aromatic carboxylic acids is 1. The van der Waals surface area contributed by atoms with Crippen molar-refractivity contribution in [3.05, 3.63) is 136 Å². The van der Waals surface area contributed by atoms with E-state index >= 15 is 0 Å². The zero-order chi connectivity index (χ0) is 25.7. The number of ketones is 2. The molecule has 0 atom stereocenters. The van der Waals surface area contributed by atoms with Gasteiger partial charge in [0, 0.05) is 11.1 Å². The molecule has 180 valence electrons. The van der Waals surface area contributed by atoms with E-state index in [-0.39, 0.29) is 52.6 Å². The van der Waals surface area contributed by atoms with E-state index < -0.39 is 17.5 Å². The van der Waals surface area contributed by atoms with Crippen LogP contribution >= 0.6 is 0 Å². The lowest BCUT2D eigenvalue weighted by atomic mass is 9.80. The number of rotatable bonds is 8. The number of carboxylic acid groups (broad SMARTS) is 1. The van der Waals surface area contributed by atoms with E-state index in [1.807, 2.05) is 60.7 Å². The molecular weight excluding hydrogens is 456 g/mol. The van der Waals surface area contributed by atoms with Crippen LogP contribution in [0.1, 0.15) is 49.1 Å². The Hall–Kier alpha value is -4.71. The van der Waals surface area contributed by atoms with Gasteiger partial charge >= 0.3 is 5.97 Å². The SMILES string of the molecule is C=CC=C1C(=O)c2cc(C(=O)O)cc(OCc3ccccc3)c2C(=O)C1=C(C)OCc1ccccc1. The summed E-state index contributed by atoms with van der Waals surface area (Å²) < 4.78 is 11.8. The molecule has 1 aliphatic carbocycles. The maximum atomic E-state index is 13.8. The predicted octanol–water partition coefficient (Wildman–Crippen LogP) is 5.95. The van der Waals surface area contributed by atoms with Gasteiger partial charge in [-0.25, -0.2) is 4.79 Å². The summed E-state index contributed by atoms with van der Waals surface area (Å²) in [5, 5.41) is 9.62. The van der Waals surface area contributed by atoms with Crippen molar-refractivity contribution in [2.45, 2.75) is 20.1 Å². The van der Waals surface area contributed by atoms with Crippen LogP contribution in [-0.4, -0.2) is 22.6 Å². The van der Waals surface area contributed by atoms with Crippen molar-refractivity contribution in [1.29, 1.82) is 0 Å². The van der Waals surface area contributed by atoms with E-state index in [0.717, 1.165) is 11.1 Å². The Morgan fingerprint density at radius 1 is 0.917 bits per heavy atom. The fourth-order valence-electron chi connectivity index (χ4n) is 3.97. The monoisotopic (exact) mass is 480 g/mol. The second kappa shape index (κ2) is 10.7. The van der Waals surface area contributed by atoms with Crippen molar-refractivity contribution >= 4 is 17.5 Å². The molecule has 0 fully saturated rings. The summed E-state index contributed by atoms with van der Waals surface area (Å²) in [5.74, 6) is -1.93. The van der Waals surface area contributed by atoms with E-state index in [9.17, 15) is 19.5 Å². The molecule has 4 rings (SSSR count). The van der Waals surface area contributed by atoms with E-state index in [1.165, 1.54) is 24.3 Å². The minimum Gasteiger partial charge on any atom is -0.493 e. The summed E-state index contributed by atoms with van der Waals surface area (Å²) in [6, 6.07) is 21.2. The highest BCUT2D eigenvalue weighted by atomic mass is 16.5. The molecule has 6 heteroatoms. The lowest BCUT2D eigenvalue weighted by Crippen LogP contribution is -2.26. The van der Waals surface area contributed by atoms with Crippen LogP contribution in [0.5, 0.6) is 5.75 Å². The van der Waals surface area contributed by atoms with E-state index in [1.54, 1.807) is 6.92 Å². The average Bonchev–Trinajstić information content (AvgIpc) is 2.90. The summed E-state index contributed by atoms with van der Waals surface area (Å²) in [7, 11) is 0. The number of fused-ring (bicyclic) bond motifs is 1. The van der Waals surface area contributed by atoms with Crippen LogP contribution < -0.4 is 4.74 Å². The molecule has 0 amide bonds. The Kier molecular flexibility index (Phi) is 7.25. The van der Waals surface area contributed by atoms with Gasteiger partial charge in [0.2, 0.25) is 5.78 Å². The van der Waals surface area contributed by atoms with E-state index in [4.69, 9.17) is 9.47 Å². The van der Waals surface area contributed by atoms with Gasteiger partial charge in [0.25, 0.3) is 0 Å². The lowest BCUT2D eigenvalue weighted by Gasteiger charge is -2.24. The zero-order valence-corrected chi connectivity index (χ0v) is 19.7. The molecular formula is C30H24O6. The van der Waals surface area contributed by atoms with Crippen molar-refractivity contribution in [2.75, 3.05) is 0 Å². The minimum atomic E-state index is -1.24. The smallest absolute Gasteiger partial charge is 0.335 e. The first-order valence-electron chi connectivity index (χ1n) is 11.3. The molecule has 0 bridgehead atoms. The van der Waals surface area contributed by atoms with Crippen molar-refractivity contribution in [2.24, 2.45) is 0 Å². The molecule has 0 saturated heterocycles. The van der Waals surface area contributed by atoms with E-state index in [2.05, 4.69) is 6.58 Å². The van der Waals surface area contributed by atoms with Crippen LogP contribution in [0.25, 0.3) is 0 Å². The van der Waals surface area contributed by atoms with Gasteiger partial charge in [-0.3, -0.25) is 9.59 Å². The molecule has 1 N–H and O–H groups in total. The Balaban J connectivity index is 1.81. The van der Waals surface area contributed by atoms with E-state index in [0.29, 0.717) is 0 Å². The molecule has 0 spiro atoms. The fourth-order valence-corrected chi connectivity index (χ4v) is 3.97. The van der Waals surface area contributed by atoms with Crippen molar-refractivity contribution in [3.8, 4) is 5.75 Å². The van der Waals surface area contributed by atoms with Crippen molar-refractivity contribution < 1.29 is 29.0 Å². The van der Waals surface area contributed by atoms with Gasteiger partial charge in [0.05, 0.1) is 16.7 Å². The van der Waals surface area contributed by atoms with Crippen LogP contribution in [0.4, 0.5) is 0 Å².